The topological polar surface area (TPSA) is 6.48 Å². The summed E-state index contributed by atoms with van der Waals surface area (Å²) in [7, 11) is 4.28. The summed E-state index contributed by atoms with van der Waals surface area (Å²) >= 11 is 2.40. The SMILES string of the molecule is C=C(C(C)I)N(C)CCN(C)C(C)C. The number of hydrogen-bond donors (Lipinski definition) is 0. The first-order chi connectivity index (χ1) is 6.36. The van der Waals surface area contributed by atoms with Crippen molar-refractivity contribution in [1.29, 1.82) is 0 Å². The van der Waals surface area contributed by atoms with Gasteiger partial charge in [-0.05, 0) is 27.8 Å². The van der Waals surface area contributed by atoms with Crippen LogP contribution in [0.15, 0.2) is 12.3 Å². The van der Waals surface area contributed by atoms with Crippen LogP contribution in [0.25, 0.3) is 0 Å². The molecule has 14 heavy (non-hydrogen) atoms. The number of halogens is 1. The predicted octanol–water partition coefficient (Wildman–Crippen LogP) is 2.60. The van der Waals surface area contributed by atoms with E-state index in [4.69, 9.17) is 0 Å². The number of allylic oxidation sites excluding steroid dienone is 1. The second-order valence-electron chi connectivity index (χ2n) is 4.10. The number of hydrogen-bond acceptors (Lipinski definition) is 2. The van der Waals surface area contributed by atoms with Gasteiger partial charge in [-0.2, -0.15) is 0 Å². The summed E-state index contributed by atoms with van der Waals surface area (Å²) in [4.78, 5) is 4.59. The van der Waals surface area contributed by atoms with Gasteiger partial charge in [0.15, 0.2) is 0 Å². The molecule has 0 spiro atoms. The van der Waals surface area contributed by atoms with E-state index >= 15 is 0 Å². The van der Waals surface area contributed by atoms with Crippen molar-refractivity contribution in [3.8, 4) is 0 Å². The lowest BCUT2D eigenvalue weighted by Gasteiger charge is -2.28. The molecule has 84 valence electrons. The fourth-order valence-electron chi connectivity index (χ4n) is 1.01. The average molecular weight is 310 g/mol. The highest BCUT2D eigenvalue weighted by Crippen LogP contribution is 2.12. The van der Waals surface area contributed by atoms with Crippen LogP contribution in [0.4, 0.5) is 0 Å². The molecule has 0 radical (unpaired) electrons. The minimum atomic E-state index is 0.516. The van der Waals surface area contributed by atoms with Gasteiger partial charge in [-0.25, -0.2) is 0 Å². The van der Waals surface area contributed by atoms with Gasteiger partial charge in [-0.3, -0.25) is 0 Å². The first-order valence-electron chi connectivity index (χ1n) is 5.10. The summed E-state index contributed by atoms with van der Waals surface area (Å²) in [5.41, 5.74) is 1.21. The molecule has 0 rings (SSSR count). The summed E-state index contributed by atoms with van der Waals surface area (Å²) in [6.45, 7) is 12.8. The van der Waals surface area contributed by atoms with E-state index in [2.05, 4.69) is 73.8 Å². The fourth-order valence-corrected chi connectivity index (χ4v) is 1.49. The van der Waals surface area contributed by atoms with Gasteiger partial charge < -0.3 is 9.80 Å². The van der Waals surface area contributed by atoms with Crippen LogP contribution in [0, 0.1) is 0 Å². The van der Waals surface area contributed by atoms with E-state index in [1.807, 2.05) is 0 Å². The Kier molecular flexibility index (Phi) is 6.78. The minimum Gasteiger partial charge on any atom is -0.376 e. The maximum atomic E-state index is 4.08. The van der Waals surface area contributed by atoms with Crippen molar-refractivity contribution in [2.75, 3.05) is 27.2 Å². The smallest absolute Gasteiger partial charge is 0.0474 e. The lowest BCUT2D eigenvalue weighted by Crippen LogP contribution is -2.35. The Bertz CT molecular complexity index is 178. The summed E-state index contributed by atoms with van der Waals surface area (Å²) in [6, 6.07) is 0.619. The van der Waals surface area contributed by atoms with Crippen molar-refractivity contribution in [1.82, 2.24) is 9.80 Å². The molecule has 0 N–H and O–H groups in total. The van der Waals surface area contributed by atoms with Gasteiger partial charge in [-0.1, -0.05) is 29.2 Å². The highest BCUT2D eigenvalue weighted by atomic mass is 127. The van der Waals surface area contributed by atoms with Gasteiger partial charge in [-0.15, -0.1) is 0 Å². The zero-order valence-electron chi connectivity index (χ0n) is 10.0. The Morgan fingerprint density at radius 1 is 1.21 bits per heavy atom. The lowest BCUT2D eigenvalue weighted by atomic mass is 10.3. The number of rotatable bonds is 6. The molecule has 0 aromatic carbocycles. The van der Waals surface area contributed by atoms with Crippen molar-refractivity contribution in [3.05, 3.63) is 12.3 Å². The predicted molar refractivity (Wildman–Crippen MR) is 73.0 cm³/mol. The molecule has 1 unspecified atom stereocenters. The fraction of sp³-hybridized carbons (Fsp3) is 0.818. The second-order valence-corrected chi connectivity index (χ2v) is 5.97. The lowest BCUT2D eigenvalue weighted by molar-refractivity contribution is 0.242. The average Bonchev–Trinajstić information content (AvgIpc) is 2.11. The molecule has 0 amide bonds. The van der Waals surface area contributed by atoms with E-state index in [1.54, 1.807) is 0 Å². The molecule has 0 aromatic heterocycles. The third kappa shape index (κ3) is 5.20. The zero-order valence-corrected chi connectivity index (χ0v) is 12.2. The molecule has 0 fully saturated rings. The second kappa shape index (κ2) is 6.67. The Morgan fingerprint density at radius 3 is 2.07 bits per heavy atom. The molecule has 0 bridgehead atoms. The van der Waals surface area contributed by atoms with Crippen molar-refractivity contribution in [2.24, 2.45) is 0 Å². The largest absolute Gasteiger partial charge is 0.376 e. The van der Waals surface area contributed by atoms with E-state index in [0.29, 0.717) is 9.97 Å². The van der Waals surface area contributed by atoms with Crippen LogP contribution < -0.4 is 0 Å². The molecule has 0 aliphatic heterocycles. The van der Waals surface area contributed by atoms with E-state index in [1.165, 1.54) is 5.70 Å². The Balaban J connectivity index is 3.85. The molecule has 1 atom stereocenters. The molecule has 2 nitrogen and oxygen atoms in total. The standard InChI is InChI=1S/C11H23IN2/c1-9(2)13(5)7-8-14(6)11(4)10(3)12/h9-10H,4,7-8H2,1-3,5-6H3. The third-order valence-electron chi connectivity index (χ3n) is 2.62. The summed E-state index contributed by atoms with van der Waals surface area (Å²) in [5, 5.41) is 0. The van der Waals surface area contributed by atoms with Crippen LogP contribution in [-0.2, 0) is 0 Å². The van der Waals surface area contributed by atoms with E-state index < -0.39 is 0 Å². The molecular weight excluding hydrogens is 287 g/mol. The van der Waals surface area contributed by atoms with Crippen molar-refractivity contribution < 1.29 is 0 Å². The van der Waals surface area contributed by atoms with Crippen LogP contribution >= 0.6 is 22.6 Å². The van der Waals surface area contributed by atoms with Gasteiger partial charge in [0, 0.05) is 35.8 Å². The summed E-state index contributed by atoms with van der Waals surface area (Å²) in [6.07, 6.45) is 0. The van der Waals surface area contributed by atoms with Crippen LogP contribution in [0.3, 0.4) is 0 Å². The summed E-state index contributed by atoms with van der Waals surface area (Å²) < 4.78 is 0.516. The number of nitrogens with zero attached hydrogens (tertiary/aromatic N) is 2. The number of likely N-dealkylation sites (N-methyl/N-ethyl adjacent to an activating group) is 2. The zero-order chi connectivity index (χ0) is 11.3. The van der Waals surface area contributed by atoms with Crippen molar-refractivity contribution in [2.45, 2.75) is 30.7 Å². The molecule has 0 aromatic rings. The Hall–Kier alpha value is 0.230. The van der Waals surface area contributed by atoms with Crippen molar-refractivity contribution in [3.63, 3.8) is 0 Å². The minimum absolute atomic E-state index is 0.516. The Morgan fingerprint density at radius 2 is 1.71 bits per heavy atom. The molecule has 0 heterocycles. The quantitative estimate of drug-likeness (QED) is 0.550. The maximum absolute atomic E-state index is 4.08. The normalized spacial score (nSPS) is 13.4. The third-order valence-corrected chi connectivity index (χ3v) is 3.34. The van der Waals surface area contributed by atoms with Gasteiger partial charge >= 0.3 is 0 Å². The van der Waals surface area contributed by atoms with Crippen molar-refractivity contribution >= 4 is 22.6 Å². The van der Waals surface area contributed by atoms with Crippen LogP contribution in [-0.4, -0.2) is 47.0 Å². The van der Waals surface area contributed by atoms with E-state index in [0.717, 1.165) is 13.1 Å². The molecule has 3 heteroatoms. The van der Waals surface area contributed by atoms with Gasteiger partial charge in [0.05, 0.1) is 0 Å². The molecule has 0 saturated carbocycles. The molecule has 0 aliphatic carbocycles. The highest BCUT2D eigenvalue weighted by molar-refractivity contribution is 14.1. The van der Waals surface area contributed by atoms with Gasteiger partial charge in [0.2, 0.25) is 0 Å². The molecule has 0 saturated heterocycles. The molecule has 0 aliphatic rings. The maximum Gasteiger partial charge on any atom is 0.0474 e. The first kappa shape index (κ1) is 14.2. The molecular formula is C11H23IN2. The Labute approximate surface area is 102 Å². The van der Waals surface area contributed by atoms with Crippen LogP contribution in [0.2, 0.25) is 0 Å². The highest BCUT2D eigenvalue weighted by Gasteiger charge is 2.09. The van der Waals surface area contributed by atoms with E-state index in [-0.39, 0.29) is 0 Å². The van der Waals surface area contributed by atoms with Crippen LogP contribution in [0.1, 0.15) is 20.8 Å². The van der Waals surface area contributed by atoms with Gasteiger partial charge in [0.1, 0.15) is 0 Å². The summed E-state index contributed by atoms with van der Waals surface area (Å²) in [5.74, 6) is 0. The van der Waals surface area contributed by atoms with Crippen LogP contribution in [0.5, 0.6) is 0 Å². The first-order valence-corrected chi connectivity index (χ1v) is 6.35. The van der Waals surface area contributed by atoms with E-state index in [9.17, 15) is 0 Å². The monoisotopic (exact) mass is 310 g/mol. The van der Waals surface area contributed by atoms with Gasteiger partial charge in [0.25, 0.3) is 0 Å². The number of alkyl halides is 1.